The molecule has 0 aromatic carbocycles. The molecule has 3 heterocycles. The molecule has 1 aromatic rings. The minimum Gasteiger partial charge on any atom is -0.381 e. The lowest BCUT2D eigenvalue weighted by atomic mass is 9.97. The van der Waals surface area contributed by atoms with E-state index in [4.69, 9.17) is 9.47 Å². The third-order valence-corrected chi connectivity index (χ3v) is 5.67. The van der Waals surface area contributed by atoms with Gasteiger partial charge in [0, 0.05) is 64.0 Å². The molecule has 2 N–H and O–H groups in total. The molecule has 8 heteroatoms. The van der Waals surface area contributed by atoms with Crippen LogP contribution in [0.25, 0.3) is 0 Å². The summed E-state index contributed by atoms with van der Waals surface area (Å²) in [7, 11) is 1.83. The maximum Gasteiger partial charge on any atom is 0.191 e. The van der Waals surface area contributed by atoms with Crippen molar-refractivity contribution in [3.05, 3.63) is 17.5 Å². The standard InChI is InChI=1S/C20H36N6O2/c1-16-13-17(2)26(24-16)7-4-6-22-20(21-3)23-14-19(18-5-10-28-15-18)25-8-11-27-12-9-25/h13,18-19H,4-12,14-15H2,1-3H3,(H2,21,22,23). The van der Waals surface area contributed by atoms with Crippen LogP contribution in [0.4, 0.5) is 0 Å². The fraction of sp³-hybridized carbons (Fsp3) is 0.800. The molecule has 2 unspecified atom stereocenters. The highest BCUT2D eigenvalue weighted by molar-refractivity contribution is 5.79. The van der Waals surface area contributed by atoms with Gasteiger partial charge in [-0.15, -0.1) is 0 Å². The van der Waals surface area contributed by atoms with Gasteiger partial charge in [-0.25, -0.2) is 0 Å². The van der Waals surface area contributed by atoms with E-state index in [-0.39, 0.29) is 0 Å². The summed E-state index contributed by atoms with van der Waals surface area (Å²) in [6, 6.07) is 2.58. The largest absolute Gasteiger partial charge is 0.381 e. The quantitative estimate of drug-likeness (QED) is 0.387. The van der Waals surface area contributed by atoms with Crippen molar-refractivity contribution in [3.63, 3.8) is 0 Å². The van der Waals surface area contributed by atoms with Gasteiger partial charge in [-0.1, -0.05) is 0 Å². The molecule has 2 aliphatic heterocycles. The van der Waals surface area contributed by atoms with Crippen molar-refractivity contribution in [2.75, 3.05) is 59.7 Å². The van der Waals surface area contributed by atoms with Crippen LogP contribution in [0.15, 0.2) is 11.1 Å². The molecule has 0 aliphatic carbocycles. The van der Waals surface area contributed by atoms with Crippen LogP contribution in [-0.2, 0) is 16.0 Å². The first-order valence-electron chi connectivity index (χ1n) is 10.5. The zero-order chi connectivity index (χ0) is 19.8. The van der Waals surface area contributed by atoms with Gasteiger partial charge in [-0.2, -0.15) is 5.10 Å². The first-order valence-corrected chi connectivity index (χ1v) is 10.5. The van der Waals surface area contributed by atoms with E-state index >= 15 is 0 Å². The number of aryl methyl sites for hydroxylation is 3. The lowest BCUT2D eigenvalue weighted by Gasteiger charge is -2.37. The van der Waals surface area contributed by atoms with Gasteiger partial charge in [0.05, 0.1) is 25.5 Å². The van der Waals surface area contributed by atoms with E-state index in [2.05, 4.69) is 43.3 Å². The summed E-state index contributed by atoms with van der Waals surface area (Å²) in [5.74, 6) is 1.44. The van der Waals surface area contributed by atoms with E-state index in [0.717, 1.165) is 83.6 Å². The molecule has 3 rings (SSSR count). The monoisotopic (exact) mass is 392 g/mol. The fourth-order valence-corrected chi connectivity index (χ4v) is 4.12. The number of aromatic nitrogens is 2. The Morgan fingerprint density at radius 3 is 2.71 bits per heavy atom. The number of morpholine rings is 1. The number of guanidine groups is 1. The zero-order valence-corrected chi connectivity index (χ0v) is 17.6. The highest BCUT2D eigenvalue weighted by Gasteiger charge is 2.31. The molecule has 2 saturated heterocycles. The summed E-state index contributed by atoms with van der Waals surface area (Å²) in [6.07, 6.45) is 2.14. The third-order valence-electron chi connectivity index (χ3n) is 5.67. The normalized spacial score (nSPS) is 22.4. The van der Waals surface area contributed by atoms with Crippen molar-refractivity contribution in [3.8, 4) is 0 Å². The summed E-state index contributed by atoms with van der Waals surface area (Å²) in [5, 5.41) is 11.5. The van der Waals surface area contributed by atoms with Gasteiger partial charge in [0.15, 0.2) is 5.96 Å². The average molecular weight is 393 g/mol. The first-order chi connectivity index (χ1) is 13.7. The Morgan fingerprint density at radius 1 is 1.25 bits per heavy atom. The maximum absolute atomic E-state index is 5.66. The summed E-state index contributed by atoms with van der Waals surface area (Å²) < 4.78 is 13.3. The Labute approximate surface area is 168 Å². The van der Waals surface area contributed by atoms with Crippen molar-refractivity contribution in [1.29, 1.82) is 0 Å². The van der Waals surface area contributed by atoms with Crippen LogP contribution in [0.3, 0.4) is 0 Å². The molecular formula is C20H36N6O2. The van der Waals surface area contributed by atoms with Crippen molar-refractivity contribution in [2.45, 2.75) is 39.3 Å². The second-order valence-electron chi connectivity index (χ2n) is 7.72. The fourth-order valence-electron chi connectivity index (χ4n) is 4.12. The molecule has 0 spiro atoms. The van der Waals surface area contributed by atoms with Crippen LogP contribution in [-0.4, -0.2) is 86.3 Å². The topological polar surface area (TPSA) is 75.9 Å². The zero-order valence-electron chi connectivity index (χ0n) is 17.6. The number of nitrogens with one attached hydrogen (secondary N) is 2. The summed E-state index contributed by atoms with van der Waals surface area (Å²) in [5.41, 5.74) is 2.29. The van der Waals surface area contributed by atoms with Crippen molar-refractivity contribution >= 4 is 5.96 Å². The van der Waals surface area contributed by atoms with E-state index in [1.807, 2.05) is 14.0 Å². The molecule has 1 aromatic heterocycles. The lowest BCUT2D eigenvalue weighted by Crippen LogP contribution is -2.53. The van der Waals surface area contributed by atoms with E-state index < -0.39 is 0 Å². The highest BCUT2D eigenvalue weighted by atomic mass is 16.5. The second kappa shape index (κ2) is 10.8. The molecule has 0 radical (unpaired) electrons. The Balaban J connectivity index is 1.43. The van der Waals surface area contributed by atoms with E-state index in [0.29, 0.717) is 12.0 Å². The second-order valence-corrected chi connectivity index (χ2v) is 7.72. The molecule has 0 saturated carbocycles. The van der Waals surface area contributed by atoms with E-state index in [9.17, 15) is 0 Å². The first kappa shape index (κ1) is 21.1. The Hall–Kier alpha value is -1.64. The number of ether oxygens (including phenoxy) is 2. The molecule has 2 fully saturated rings. The lowest BCUT2D eigenvalue weighted by molar-refractivity contribution is 0.00247. The number of nitrogens with zero attached hydrogens (tertiary/aromatic N) is 4. The highest BCUT2D eigenvalue weighted by Crippen LogP contribution is 2.21. The SMILES string of the molecule is CN=C(NCCCn1nc(C)cc1C)NCC(C1CCOC1)N1CCOCC1. The van der Waals surface area contributed by atoms with Gasteiger partial charge in [0.25, 0.3) is 0 Å². The average Bonchev–Trinajstić information content (AvgIpc) is 3.34. The van der Waals surface area contributed by atoms with Crippen molar-refractivity contribution in [2.24, 2.45) is 10.9 Å². The number of aliphatic imine (C=N–C) groups is 1. The van der Waals surface area contributed by atoms with Gasteiger partial charge in [-0.3, -0.25) is 14.6 Å². The predicted octanol–water partition coefficient (Wildman–Crippen LogP) is 0.792. The number of rotatable bonds is 8. The molecular weight excluding hydrogens is 356 g/mol. The predicted molar refractivity (Wildman–Crippen MR) is 111 cm³/mol. The van der Waals surface area contributed by atoms with Gasteiger partial charge in [0.1, 0.15) is 0 Å². The smallest absolute Gasteiger partial charge is 0.191 e. The van der Waals surface area contributed by atoms with Crippen LogP contribution in [0, 0.1) is 19.8 Å². The van der Waals surface area contributed by atoms with Gasteiger partial charge in [0.2, 0.25) is 0 Å². The molecule has 28 heavy (non-hydrogen) atoms. The Bertz CT molecular complexity index is 620. The van der Waals surface area contributed by atoms with E-state index in [1.165, 1.54) is 5.69 Å². The van der Waals surface area contributed by atoms with Crippen LogP contribution in [0.5, 0.6) is 0 Å². The van der Waals surface area contributed by atoms with Crippen LogP contribution in [0.1, 0.15) is 24.2 Å². The van der Waals surface area contributed by atoms with Crippen LogP contribution in [0.2, 0.25) is 0 Å². The minimum atomic E-state index is 0.458. The molecule has 8 nitrogen and oxygen atoms in total. The van der Waals surface area contributed by atoms with Gasteiger partial charge in [-0.05, 0) is 32.8 Å². The molecule has 2 atom stereocenters. The summed E-state index contributed by atoms with van der Waals surface area (Å²) in [6.45, 7) is 12.2. The van der Waals surface area contributed by atoms with Gasteiger partial charge < -0.3 is 20.1 Å². The number of hydrogen-bond donors (Lipinski definition) is 2. The Morgan fingerprint density at radius 2 is 2.07 bits per heavy atom. The Kier molecular flexibility index (Phi) is 8.12. The molecule has 158 valence electrons. The third kappa shape index (κ3) is 5.93. The van der Waals surface area contributed by atoms with Crippen molar-refractivity contribution < 1.29 is 9.47 Å². The van der Waals surface area contributed by atoms with Crippen LogP contribution >= 0.6 is 0 Å². The molecule has 0 bridgehead atoms. The summed E-state index contributed by atoms with van der Waals surface area (Å²) in [4.78, 5) is 6.94. The van der Waals surface area contributed by atoms with Gasteiger partial charge >= 0.3 is 0 Å². The number of hydrogen-bond acceptors (Lipinski definition) is 5. The summed E-state index contributed by atoms with van der Waals surface area (Å²) >= 11 is 0. The van der Waals surface area contributed by atoms with Crippen molar-refractivity contribution in [1.82, 2.24) is 25.3 Å². The maximum atomic E-state index is 5.66. The van der Waals surface area contributed by atoms with Crippen LogP contribution < -0.4 is 10.6 Å². The van der Waals surface area contributed by atoms with E-state index in [1.54, 1.807) is 0 Å². The minimum absolute atomic E-state index is 0.458. The molecule has 0 amide bonds. The molecule has 2 aliphatic rings.